The number of furan rings is 1. The van der Waals surface area contributed by atoms with Gasteiger partial charge in [-0.25, -0.2) is 5.43 Å². The number of hydrazone groups is 1. The molecular formula is C19H13Cl2N3O5. The van der Waals surface area contributed by atoms with Crippen LogP contribution in [0.5, 0.6) is 5.75 Å². The molecule has 0 bridgehead atoms. The first-order valence-corrected chi connectivity index (χ1v) is 8.92. The molecule has 0 aliphatic rings. The van der Waals surface area contributed by atoms with Crippen LogP contribution in [-0.2, 0) is 4.79 Å². The predicted molar refractivity (Wildman–Crippen MR) is 108 cm³/mol. The van der Waals surface area contributed by atoms with Gasteiger partial charge in [-0.1, -0.05) is 23.2 Å². The standard InChI is InChI=1S/C19H13Cl2N3O5/c20-12-1-4-14(5-2-12)28-11-19(25)23-22-10-15-6-8-18(29-15)16-9-13(24(26)27)3-7-17(16)21/h1-10H,11H2,(H,23,25)/b22-10-. The van der Waals surface area contributed by atoms with Crippen molar-refractivity contribution in [3.8, 4) is 17.1 Å². The van der Waals surface area contributed by atoms with Crippen molar-refractivity contribution in [2.75, 3.05) is 6.61 Å². The predicted octanol–water partition coefficient (Wildman–Crippen LogP) is 4.69. The number of nitrogens with one attached hydrogen (secondary N) is 1. The van der Waals surface area contributed by atoms with Crippen molar-refractivity contribution in [1.29, 1.82) is 0 Å². The molecule has 148 valence electrons. The molecule has 0 atom stereocenters. The number of hydrogen-bond acceptors (Lipinski definition) is 6. The Balaban J connectivity index is 1.58. The number of amides is 1. The molecule has 0 saturated carbocycles. The number of non-ortho nitro benzene ring substituents is 1. The summed E-state index contributed by atoms with van der Waals surface area (Å²) in [6.07, 6.45) is 1.29. The van der Waals surface area contributed by atoms with Gasteiger partial charge in [0.05, 0.1) is 16.2 Å². The third-order valence-electron chi connectivity index (χ3n) is 3.62. The molecule has 0 aliphatic carbocycles. The quantitative estimate of drug-likeness (QED) is 0.330. The summed E-state index contributed by atoms with van der Waals surface area (Å²) in [7, 11) is 0. The zero-order valence-electron chi connectivity index (χ0n) is 14.7. The second-order valence-corrected chi connectivity index (χ2v) is 6.50. The second kappa shape index (κ2) is 9.22. The largest absolute Gasteiger partial charge is 0.484 e. The lowest BCUT2D eigenvalue weighted by Gasteiger charge is -2.04. The zero-order chi connectivity index (χ0) is 20.8. The number of hydrogen-bond donors (Lipinski definition) is 1. The van der Waals surface area contributed by atoms with Gasteiger partial charge in [-0.15, -0.1) is 0 Å². The molecule has 0 radical (unpaired) electrons. The molecule has 0 spiro atoms. The van der Waals surface area contributed by atoms with E-state index in [4.69, 9.17) is 32.4 Å². The molecule has 0 fully saturated rings. The third-order valence-corrected chi connectivity index (χ3v) is 4.20. The van der Waals surface area contributed by atoms with Gasteiger partial charge in [-0.3, -0.25) is 14.9 Å². The normalized spacial score (nSPS) is 10.8. The summed E-state index contributed by atoms with van der Waals surface area (Å²) in [4.78, 5) is 22.2. The molecular weight excluding hydrogens is 421 g/mol. The number of nitro groups is 1. The van der Waals surface area contributed by atoms with Crippen molar-refractivity contribution in [3.05, 3.63) is 80.5 Å². The summed E-state index contributed by atoms with van der Waals surface area (Å²) < 4.78 is 10.8. The number of carbonyl (C=O) groups is 1. The molecule has 8 nitrogen and oxygen atoms in total. The van der Waals surface area contributed by atoms with Crippen LogP contribution in [-0.4, -0.2) is 23.7 Å². The first-order valence-electron chi connectivity index (χ1n) is 8.17. The molecule has 1 heterocycles. The molecule has 1 N–H and O–H groups in total. The van der Waals surface area contributed by atoms with E-state index >= 15 is 0 Å². The van der Waals surface area contributed by atoms with E-state index in [2.05, 4.69) is 10.5 Å². The average Bonchev–Trinajstić information content (AvgIpc) is 3.16. The van der Waals surface area contributed by atoms with E-state index in [1.807, 2.05) is 0 Å². The van der Waals surface area contributed by atoms with Gasteiger partial charge in [-0.2, -0.15) is 5.10 Å². The first-order chi connectivity index (χ1) is 13.9. The maximum absolute atomic E-state index is 11.8. The van der Waals surface area contributed by atoms with E-state index in [0.717, 1.165) is 0 Å². The van der Waals surface area contributed by atoms with Gasteiger partial charge in [0.15, 0.2) is 6.61 Å². The van der Waals surface area contributed by atoms with E-state index in [-0.39, 0.29) is 12.3 Å². The van der Waals surface area contributed by atoms with Crippen molar-refractivity contribution < 1.29 is 18.9 Å². The Morgan fingerprint density at radius 2 is 1.93 bits per heavy atom. The molecule has 0 aliphatic heterocycles. The van der Waals surface area contributed by atoms with E-state index < -0.39 is 10.8 Å². The fourth-order valence-corrected chi connectivity index (χ4v) is 2.60. The van der Waals surface area contributed by atoms with Crippen LogP contribution in [0.3, 0.4) is 0 Å². The van der Waals surface area contributed by atoms with Gasteiger partial charge >= 0.3 is 0 Å². The summed E-state index contributed by atoms with van der Waals surface area (Å²) in [5, 5.41) is 15.6. The van der Waals surface area contributed by atoms with Gasteiger partial charge in [-0.05, 0) is 42.5 Å². The summed E-state index contributed by atoms with van der Waals surface area (Å²) in [5.41, 5.74) is 2.57. The average molecular weight is 434 g/mol. The molecule has 1 amide bonds. The van der Waals surface area contributed by atoms with Gasteiger partial charge in [0, 0.05) is 22.7 Å². The number of halogens is 2. The van der Waals surface area contributed by atoms with E-state index in [0.29, 0.717) is 32.9 Å². The lowest BCUT2D eigenvalue weighted by atomic mass is 10.1. The maximum atomic E-state index is 11.8. The Hall–Kier alpha value is -3.36. The fourth-order valence-electron chi connectivity index (χ4n) is 2.26. The number of nitro benzene ring substituents is 1. The highest BCUT2D eigenvalue weighted by Gasteiger charge is 2.14. The number of carbonyl (C=O) groups excluding carboxylic acids is 1. The minimum atomic E-state index is -0.521. The van der Waals surface area contributed by atoms with Gasteiger partial charge in [0.1, 0.15) is 17.3 Å². The molecule has 29 heavy (non-hydrogen) atoms. The summed E-state index contributed by atoms with van der Waals surface area (Å²) in [5.74, 6) is 0.682. The van der Waals surface area contributed by atoms with Gasteiger partial charge in [0.2, 0.25) is 0 Å². The SMILES string of the molecule is O=C(COc1ccc(Cl)cc1)N/N=C\c1ccc(-c2cc([N+](=O)[O-])ccc2Cl)o1. The molecule has 3 rings (SSSR count). The molecule has 0 unspecified atom stereocenters. The summed E-state index contributed by atoms with van der Waals surface area (Å²) >= 11 is 11.9. The number of ether oxygens (including phenoxy) is 1. The van der Waals surface area contributed by atoms with Gasteiger partial charge < -0.3 is 9.15 Å². The summed E-state index contributed by atoms with van der Waals surface area (Å²) in [6, 6.07) is 13.8. The smallest absolute Gasteiger partial charge is 0.277 e. The molecule has 2 aromatic carbocycles. The van der Waals surface area contributed by atoms with Crippen LogP contribution in [0, 0.1) is 10.1 Å². The van der Waals surface area contributed by atoms with E-state index in [1.54, 1.807) is 36.4 Å². The van der Waals surface area contributed by atoms with Crippen molar-refractivity contribution in [2.24, 2.45) is 5.10 Å². The zero-order valence-corrected chi connectivity index (χ0v) is 16.2. The Labute approximate surface area is 174 Å². The Kier molecular flexibility index (Phi) is 6.48. The first kappa shape index (κ1) is 20.4. The topological polar surface area (TPSA) is 107 Å². The Morgan fingerprint density at radius 3 is 2.66 bits per heavy atom. The van der Waals surface area contributed by atoms with Crippen molar-refractivity contribution >= 4 is 41.0 Å². The number of nitrogens with zero attached hydrogens (tertiary/aromatic N) is 2. The maximum Gasteiger partial charge on any atom is 0.277 e. The van der Waals surface area contributed by atoms with Crippen LogP contribution in [0.25, 0.3) is 11.3 Å². The van der Waals surface area contributed by atoms with Crippen LogP contribution >= 0.6 is 23.2 Å². The van der Waals surface area contributed by atoms with Crippen LogP contribution < -0.4 is 10.2 Å². The Morgan fingerprint density at radius 1 is 1.17 bits per heavy atom. The highest BCUT2D eigenvalue weighted by Crippen LogP contribution is 2.32. The fraction of sp³-hybridized carbons (Fsp3) is 0.0526. The van der Waals surface area contributed by atoms with Crippen molar-refractivity contribution in [3.63, 3.8) is 0 Å². The monoisotopic (exact) mass is 433 g/mol. The number of rotatable bonds is 7. The minimum Gasteiger partial charge on any atom is -0.484 e. The second-order valence-electron chi connectivity index (χ2n) is 5.66. The van der Waals surface area contributed by atoms with Gasteiger partial charge in [0.25, 0.3) is 11.6 Å². The van der Waals surface area contributed by atoms with Crippen LogP contribution in [0.4, 0.5) is 5.69 Å². The lowest BCUT2D eigenvalue weighted by molar-refractivity contribution is -0.384. The highest BCUT2D eigenvalue weighted by atomic mass is 35.5. The van der Waals surface area contributed by atoms with Crippen LogP contribution in [0.2, 0.25) is 10.0 Å². The van der Waals surface area contributed by atoms with Crippen molar-refractivity contribution in [1.82, 2.24) is 5.43 Å². The molecule has 10 heteroatoms. The molecule has 3 aromatic rings. The molecule has 1 aromatic heterocycles. The van der Waals surface area contributed by atoms with E-state index in [1.165, 1.54) is 24.4 Å². The van der Waals surface area contributed by atoms with Crippen LogP contribution in [0.15, 0.2) is 64.1 Å². The van der Waals surface area contributed by atoms with Crippen LogP contribution in [0.1, 0.15) is 5.76 Å². The van der Waals surface area contributed by atoms with E-state index in [9.17, 15) is 14.9 Å². The minimum absolute atomic E-state index is 0.107. The third kappa shape index (κ3) is 5.56. The Bertz CT molecular complexity index is 1060. The number of benzene rings is 2. The molecule has 0 saturated heterocycles. The summed E-state index contributed by atoms with van der Waals surface area (Å²) in [6.45, 7) is -0.230. The lowest BCUT2D eigenvalue weighted by Crippen LogP contribution is -2.24. The highest BCUT2D eigenvalue weighted by molar-refractivity contribution is 6.33. The van der Waals surface area contributed by atoms with Crippen molar-refractivity contribution in [2.45, 2.75) is 0 Å².